The lowest BCUT2D eigenvalue weighted by Gasteiger charge is -2.21. The molecule has 0 heterocycles. The molecule has 12 heavy (non-hydrogen) atoms. The Kier molecular flexibility index (Phi) is 6.54. The number of hydrogen-bond donors (Lipinski definition) is 0. The van der Waals surface area contributed by atoms with Crippen molar-refractivity contribution in [2.45, 2.75) is 58.6 Å². The Morgan fingerprint density at radius 2 is 1.83 bits per heavy atom. The SMILES string of the molecule is CCCCC(C)B(OC)C(C)C. The van der Waals surface area contributed by atoms with Crippen LogP contribution in [-0.2, 0) is 4.65 Å². The van der Waals surface area contributed by atoms with Crippen LogP contribution in [0.25, 0.3) is 0 Å². The molecule has 1 atom stereocenters. The first-order valence-corrected chi connectivity index (χ1v) is 5.16. The standard InChI is InChI=1S/C10H23BO/c1-6-7-8-10(4)11(12-5)9(2)3/h9-10H,6-8H2,1-5H3. The Hall–Kier alpha value is 0.0249. The Labute approximate surface area is 78.0 Å². The van der Waals surface area contributed by atoms with Crippen LogP contribution in [0.4, 0.5) is 0 Å². The normalized spacial score (nSPS) is 13.5. The molecule has 0 N–H and O–H groups in total. The fourth-order valence-electron chi connectivity index (χ4n) is 1.85. The maximum absolute atomic E-state index is 5.47. The maximum atomic E-state index is 5.47. The van der Waals surface area contributed by atoms with Crippen LogP contribution in [0, 0.1) is 0 Å². The molecule has 2 heteroatoms. The third kappa shape index (κ3) is 4.15. The van der Waals surface area contributed by atoms with E-state index in [1.807, 2.05) is 7.11 Å². The zero-order valence-electron chi connectivity index (χ0n) is 9.26. The van der Waals surface area contributed by atoms with Gasteiger partial charge in [0.05, 0.1) is 0 Å². The van der Waals surface area contributed by atoms with Crippen LogP contribution in [0.1, 0.15) is 47.0 Å². The minimum atomic E-state index is 0.441. The third-order valence-electron chi connectivity index (χ3n) is 2.50. The summed E-state index contributed by atoms with van der Waals surface area (Å²) in [7, 11) is 1.83. The monoisotopic (exact) mass is 170 g/mol. The van der Waals surface area contributed by atoms with Crippen LogP contribution in [0.2, 0.25) is 11.6 Å². The van der Waals surface area contributed by atoms with Crippen LogP contribution in [-0.4, -0.2) is 14.0 Å². The van der Waals surface area contributed by atoms with Crippen molar-refractivity contribution in [2.24, 2.45) is 0 Å². The summed E-state index contributed by atoms with van der Waals surface area (Å²) in [5, 5.41) is 0. The Morgan fingerprint density at radius 3 is 2.17 bits per heavy atom. The maximum Gasteiger partial charge on any atom is 0.298 e. The van der Waals surface area contributed by atoms with E-state index >= 15 is 0 Å². The molecule has 0 fully saturated rings. The molecular formula is C10H23BO. The van der Waals surface area contributed by atoms with Gasteiger partial charge < -0.3 is 4.65 Å². The van der Waals surface area contributed by atoms with Gasteiger partial charge >= 0.3 is 0 Å². The summed E-state index contributed by atoms with van der Waals surface area (Å²) >= 11 is 0. The van der Waals surface area contributed by atoms with Gasteiger partial charge in [0.25, 0.3) is 6.92 Å². The van der Waals surface area contributed by atoms with Gasteiger partial charge in [0.2, 0.25) is 0 Å². The van der Waals surface area contributed by atoms with Crippen molar-refractivity contribution >= 4 is 6.92 Å². The molecule has 0 saturated heterocycles. The zero-order valence-corrected chi connectivity index (χ0v) is 9.26. The van der Waals surface area contributed by atoms with E-state index in [0.717, 1.165) is 0 Å². The number of unbranched alkanes of at least 4 members (excludes halogenated alkanes) is 1. The van der Waals surface area contributed by atoms with Gasteiger partial charge in [-0.3, -0.25) is 0 Å². The molecule has 1 nitrogen and oxygen atoms in total. The molecule has 0 aromatic carbocycles. The lowest BCUT2D eigenvalue weighted by molar-refractivity contribution is 0.394. The first kappa shape index (κ1) is 12.0. The predicted octanol–water partition coefficient (Wildman–Crippen LogP) is 3.61. The van der Waals surface area contributed by atoms with E-state index in [1.54, 1.807) is 0 Å². The van der Waals surface area contributed by atoms with Gasteiger partial charge in [0.1, 0.15) is 0 Å². The molecule has 0 amide bonds. The molecule has 0 aromatic rings. The number of rotatable bonds is 6. The third-order valence-corrected chi connectivity index (χ3v) is 2.50. The van der Waals surface area contributed by atoms with Gasteiger partial charge in [-0.1, -0.05) is 47.0 Å². The molecule has 0 aliphatic rings. The van der Waals surface area contributed by atoms with Crippen LogP contribution in [0.3, 0.4) is 0 Å². The van der Waals surface area contributed by atoms with E-state index in [9.17, 15) is 0 Å². The topological polar surface area (TPSA) is 9.23 Å². The highest BCUT2D eigenvalue weighted by molar-refractivity contribution is 6.55. The van der Waals surface area contributed by atoms with E-state index in [2.05, 4.69) is 27.7 Å². The van der Waals surface area contributed by atoms with Crippen LogP contribution in [0.5, 0.6) is 0 Å². The van der Waals surface area contributed by atoms with Gasteiger partial charge in [0.15, 0.2) is 0 Å². The van der Waals surface area contributed by atoms with Gasteiger partial charge in [0, 0.05) is 7.11 Å². The summed E-state index contributed by atoms with van der Waals surface area (Å²) in [4.78, 5) is 0. The lowest BCUT2D eigenvalue weighted by atomic mass is 9.47. The van der Waals surface area contributed by atoms with Crippen molar-refractivity contribution < 1.29 is 4.65 Å². The summed E-state index contributed by atoms with van der Waals surface area (Å²) in [6, 6.07) is 0. The van der Waals surface area contributed by atoms with Crippen molar-refractivity contribution in [1.82, 2.24) is 0 Å². The van der Waals surface area contributed by atoms with Crippen LogP contribution < -0.4 is 0 Å². The summed E-state index contributed by atoms with van der Waals surface area (Å²) in [5.74, 6) is 1.34. The second-order valence-electron chi connectivity index (χ2n) is 4.06. The van der Waals surface area contributed by atoms with Crippen molar-refractivity contribution in [2.75, 3.05) is 7.11 Å². The first-order chi connectivity index (χ1) is 5.63. The first-order valence-electron chi connectivity index (χ1n) is 5.16. The highest BCUT2D eigenvalue weighted by atomic mass is 16.4. The van der Waals surface area contributed by atoms with E-state index in [0.29, 0.717) is 18.6 Å². The van der Waals surface area contributed by atoms with Crippen LogP contribution >= 0.6 is 0 Å². The van der Waals surface area contributed by atoms with Crippen molar-refractivity contribution in [1.29, 1.82) is 0 Å². The van der Waals surface area contributed by atoms with Gasteiger partial charge in [-0.05, 0) is 11.6 Å². The summed E-state index contributed by atoms with van der Waals surface area (Å²) in [6.07, 6.45) is 3.92. The van der Waals surface area contributed by atoms with Gasteiger partial charge in [-0.2, -0.15) is 0 Å². The molecular weight excluding hydrogens is 147 g/mol. The summed E-state index contributed by atoms with van der Waals surface area (Å²) < 4.78 is 5.47. The van der Waals surface area contributed by atoms with E-state index in [-0.39, 0.29) is 0 Å². The van der Waals surface area contributed by atoms with Crippen molar-refractivity contribution in [3.05, 3.63) is 0 Å². The second-order valence-corrected chi connectivity index (χ2v) is 4.06. The quantitative estimate of drug-likeness (QED) is 0.553. The summed E-state index contributed by atoms with van der Waals surface area (Å²) in [5.41, 5.74) is 0. The predicted molar refractivity (Wildman–Crippen MR) is 56.8 cm³/mol. The summed E-state index contributed by atoms with van der Waals surface area (Å²) in [6.45, 7) is 9.44. The van der Waals surface area contributed by atoms with Gasteiger partial charge in [-0.25, -0.2) is 0 Å². The highest BCUT2D eigenvalue weighted by Crippen LogP contribution is 2.25. The molecule has 0 aliphatic heterocycles. The molecule has 0 aromatic heterocycles. The van der Waals surface area contributed by atoms with E-state index in [1.165, 1.54) is 19.3 Å². The minimum Gasteiger partial charge on any atom is -0.438 e. The van der Waals surface area contributed by atoms with E-state index < -0.39 is 0 Å². The lowest BCUT2D eigenvalue weighted by Crippen LogP contribution is -2.25. The fourth-order valence-corrected chi connectivity index (χ4v) is 1.85. The number of hydrogen-bond acceptors (Lipinski definition) is 1. The average Bonchev–Trinajstić information content (AvgIpc) is 2.01. The zero-order chi connectivity index (χ0) is 9.56. The molecule has 0 rings (SSSR count). The molecule has 0 aliphatic carbocycles. The van der Waals surface area contributed by atoms with Gasteiger partial charge in [-0.15, -0.1) is 0 Å². The molecule has 0 bridgehead atoms. The van der Waals surface area contributed by atoms with Crippen molar-refractivity contribution in [3.63, 3.8) is 0 Å². The smallest absolute Gasteiger partial charge is 0.298 e. The molecule has 0 spiro atoms. The molecule has 72 valence electrons. The minimum absolute atomic E-state index is 0.441. The highest BCUT2D eigenvalue weighted by Gasteiger charge is 2.25. The van der Waals surface area contributed by atoms with Crippen molar-refractivity contribution in [3.8, 4) is 0 Å². The average molecular weight is 170 g/mol. The fraction of sp³-hybridized carbons (Fsp3) is 1.00. The van der Waals surface area contributed by atoms with E-state index in [4.69, 9.17) is 4.65 Å². The second kappa shape index (κ2) is 6.53. The van der Waals surface area contributed by atoms with Crippen LogP contribution in [0.15, 0.2) is 0 Å². The Bertz CT molecular complexity index is 104. The Balaban J connectivity index is 3.77. The molecule has 1 unspecified atom stereocenters. The largest absolute Gasteiger partial charge is 0.438 e. The molecule has 0 radical (unpaired) electrons. The molecule has 0 saturated carbocycles. The Morgan fingerprint density at radius 1 is 1.25 bits per heavy atom.